The van der Waals surface area contributed by atoms with Crippen molar-refractivity contribution in [3.05, 3.63) is 29.6 Å². The number of amides is 1. The second-order valence-electron chi connectivity index (χ2n) is 3.91. The molecule has 2 rings (SSSR count). The molecule has 2 nitrogen and oxygen atoms in total. The smallest absolute Gasteiger partial charge is 0.227 e. The van der Waals surface area contributed by atoms with Crippen molar-refractivity contribution in [2.24, 2.45) is 0 Å². The molecule has 15 heavy (non-hydrogen) atoms. The van der Waals surface area contributed by atoms with Crippen LogP contribution in [0.4, 0.5) is 10.1 Å². The zero-order valence-electron chi connectivity index (χ0n) is 8.79. The van der Waals surface area contributed by atoms with Crippen LogP contribution >= 0.6 is 0 Å². The summed E-state index contributed by atoms with van der Waals surface area (Å²) >= 11 is 0. The summed E-state index contributed by atoms with van der Waals surface area (Å²) in [4.78, 5) is 13.2. The first-order valence-corrected chi connectivity index (χ1v) is 5.25. The van der Waals surface area contributed by atoms with E-state index in [2.05, 4.69) is 0 Å². The average molecular weight is 207 g/mol. The average Bonchev–Trinajstić information content (AvgIpc) is 2.20. The largest absolute Gasteiger partial charge is 0.309 e. The number of carbonyl (C=O) groups excluding carboxylic acids is 1. The Bertz CT molecular complexity index is 369. The Kier molecular flexibility index (Phi) is 2.71. The standard InChI is InChI=1S/C12H14FNO/c1-9-5-4-6-10(13)12(9)14-8-3-2-7-11(14)15/h4-6H,2-3,7-8H2,1H3. The fourth-order valence-electron chi connectivity index (χ4n) is 2.01. The van der Waals surface area contributed by atoms with Crippen LogP contribution in [-0.2, 0) is 4.79 Å². The van der Waals surface area contributed by atoms with Crippen LogP contribution in [0.5, 0.6) is 0 Å². The molecule has 0 aliphatic carbocycles. The minimum atomic E-state index is -0.301. The molecule has 1 amide bonds. The third kappa shape index (κ3) is 1.87. The van der Waals surface area contributed by atoms with E-state index < -0.39 is 0 Å². The molecule has 1 aromatic carbocycles. The van der Waals surface area contributed by atoms with Gasteiger partial charge in [0.15, 0.2) is 0 Å². The molecule has 0 saturated carbocycles. The fraction of sp³-hybridized carbons (Fsp3) is 0.417. The molecule has 0 aromatic heterocycles. The van der Waals surface area contributed by atoms with Crippen molar-refractivity contribution in [3.63, 3.8) is 0 Å². The van der Waals surface area contributed by atoms with Gasteiger partial charge in [-0.2, -0.15) is 0 Å². The molecule has 1 aliphatic rings. The quantitative estimate of drug-likeness (QED) is 0.693. The number of anilines is 1. The molecule has 1 fully saturated rings. The Morgan fingerprint density at radius 1 is 1.33 bits per heavy atom. The summed E-state index contributed by atoms with van der Waals surface area (Å²) in [5.41, 5.74) is 1.28. The third-order valence-corrected chi connectivity index (χ3v) is 2.78. The van der Waals surface area contributed by atoms with Crippen LogP contribution < -0.4 is 4.90 Å². The first kappa shape index (κ1) is 10.1. The molecule has 1 aliphatic heterocycles. The van der Waals surface area contributed by atoms with E-state index >= 15 is 0 Å². The van der Waals surface area contributed by atoms with Crippen molar-refractivity contribution in [3.8, 4) is 0 Å². The predicted octanol–water partition coefficient (Wildman–Crippen LogP) is 2.65. The lowest BCUT2D eigenvalue weighted by Gasteiger charge is -2.28. The number of hydrogen-bond acceptors (Lipinski definition) is 1. The van der Waals surface area contributed by atoms with Crippen molar-refractivity contribution in [2.45, 2.75) is 26.2 Å². The van der Waals surface area contributed by atoms with Crippen LogP contribution in [0.1, 0.15) is 24.8 Å². The first-order chi connectivity index (χ1) is 7.20. The second kappa shape index (κ2) is 4.01. The van der Waals surface area contributed by atoms with E-state index in [0.29, 0.717) is 18.7 Å². The fourth-order valence-corrected chi connectivity index (χ4v) is 2.01. The van der Waals surface area contributed by atoms with Crippen LogP contribution in [0.15, 0.2) is 18.2 Å². The molecule has 3 heteroatoms. The number of aryl methyl sites for hydroxylation is 1. The predicted molar refractivity (Wildman–Crippen MR) is 57.3 cm³/mol. The summed E-state index contributed by atoms with van der Waals surface area (Å²) in [5, 5.41) is 0. The van der Waals surface area contributed by atoms with Gasteiger partial charge in [-0.05, 0) is 31.4 Å². The molecule has 1 aromatic rings. The van der Waals surface area contributed by atoms with Crippen molar-refractivity contribution >= 4 is 11.6 Å². The van der Waals surface area contributed by atoms with Gasteiger partial charge in [-0.25, -0.2) is 4.39 Å². The van der Waals surface area contributed by atoms with Gasteiger partial charge in [-0.1, -0.05) is 12.1 Å². The van der Waals surface area contributed by atoms with Gasteiger partial charge in [-0.15, -0.1) is 0 Å². The molecule has 0 bridgehead atoms. The van der Waals surface area contributed by atoms with E-state index in [4.69, 9.17) is 0 Å². The lowest BCUT2D eigenvalue weighted by Crippen LogP contribution is -2.36. The molecular formula is C12H14FNO. The molecule has 1 saturated heterocycles. The minimum Gasteiger partial charge on any atom is -0.309 e. The summed E-state index contributed by atoms with van der Waals surface area (Å²) < 4.78 is 13.6. The van der Waals surface area contributed by atoms with Gasteiger partial charge in [0, 0.05) is 13.0 Å². The minimum absolute atomic E-state index is 0.0365. The number of halogens is 1. The zero-order chi connectivity index (χ0) is 10.8. The molecule has 0 unspecified atom stereocenters. The second-order valence-corrected chi connectivity index (χ2v) is 3.91. The van der Waals surface area contributed by atoms with E-state index in [0.717, 1.165) is 18.4 Å². The van der Waals surface area contributed by atoms with Crippen LogP contribution in [0.25, 0.3) is 0 Å². The molecule has 0 radical (unpaired) electrons. The number of piperidine rings is 1. The van der Waals surface area contributed by atoms with E-state index in [1.54, 1.807) is 11.0 Å². The maximum Gasteiger partial charge on any atom is 0.227 e. The maximum absolute atomic E-state index is 13.6. The topological polar surface area (TPSA) is 20.3 Å². The molecule has 0 spiro atoms. The van der Waals surface area contributed by atoms with Gasteiger partial charge in [0.25, 0.3) is 0 Å². The Labute approximate surface area is 88.7 Å². The lowest BCUT2D eigenvalue weighted by atomic mass is 10.1. The molecule has 0 N–H and O–H groups in total. The van der Waals surface area contributed by atoms with Gasteiger partial charge in [-0.3, -0.25) is 4.79 Å². The van der Waals surface area contributed by atoms with Crippen LogP contribution in [0.2, 0.25) is 0 Å². The van der Waals surface area contributed by atoms with Crippen molar-refractivity contribution in [2.75, 3.05) is 11.4 Å². The SMILES string of the molecule is Cc1cccc(F)c1N1CCCCC1=O. The number of rotatable bonds is 1. The summed E-state index contributed by atoms with van der Waals surface area (Å²) in [6, 6.07) is 4.91. The number of hydrogen-bond donors (Lipinski definition) is 0. The van der Waals surface area contributed by atoms with E-state index in [-0.39, 0.29) is 11.7 Å². The summed E-state index contributed by atoms with van der Waals surface area (Å²) in [6.07, 6.45) is 2.41. The molecule has 1 heterocycles. The summed E-state index contributed by atoms with van der Waals surface area (Å²) in [7, 11) is 0. The van der Waals surface area contributed by atoms with E-state index in [1.807, 2.05) is 13.0 Å². The van der Waals surface area contributed by atoms with Crippen molar-refractivity contribution < 1.29 is 9.18 Å². The Morgan fingerprint density at radius 2 is 2.13 bits per heavy atom. The van der Waals surface area contributed by atoms with Gasteiger partial charge >= 0.3 is 0 Å². The highest BCUT2D eigenvalue weighted by Gasteiger charge is 2.23. The normalized spacial score (nSPS) is 16.9. The lowest BCUT2D eigenvalue weighted by molar-refractivity contribution is -0.119. The van der Waals surface area contributed by atoms with Gasteiger partial charge in [0.2, 0.25) is 5.91 Å². The van der Waals surface area contributed by atoms with Crippen LogP contribution in [0, 0.1) is 12.7 Å². The highest BCUT2D eigenvalue weighted by molar-refractivity contribution is 5.94. The van der Waals surface area contributed by atoms with Crippen LogP contribution in [0.3, 0.4) is 0 Å². The molecule has 80 valence electrons. The Balaban J connectivity index is 2.39. The molecular weight excluding hydrogens is 193 g/mol. The zero-order valence-corrected chi connectivity index (χ0v) is 8.79. The van der Waals surface area contributed by atoms with Gasteiger partial charge < -0.3 is 4.90 Å². The number of benzene rings is 1. The van der Waals surface area contributed by atoms with Crippen molar-refractivity contribution in [1.82, 2.24) is 0 Å². The van der Waals surface area contributed by atoms with E-state index in [1.165, 1.54) is 6.07 Å². The Hall–Kier alpha value is -1.38. The summed E-state index contributed by atoms with van der Waals surface area (Å²) in [5.74, 6) is -0.264. The monoisotopic (exact) mass is 207 g/mol. The third-order valence-electron chi connectivity index (χ3n) is 2.78. The van der Waals surface area contributed by atoms with Gasteiger partial charge in [0.1, 0.15) is 5.82 Å². The highest BCUT2D eigenvalue weighted by atomic mass is 19.1. The highest BCUT2D eigenvalue weighted by Crippen LogP contribution is 2.27. The summed E-state index contributed by atoms with van der Waals surface area (Å²) in [6.45, 7) is 2.47. The number of para-hydroxylation sites is 1. The van der Waals surface area contributed by atoms with Crippen molar-refractivity contribution in [1.29, 1.82) is 0 Å². The maximum atomic E-state index is 13.6. The molecule has 0 atom stereocenters. The number of carbonyl (C=O) groups is 1. The first-order valence-electron chi connectivity index (χ1n) is 5.25. The number of nitrogens with zero attached hydrogens (tertiary/aromatic N) is 1. The van der Waals surface area contributed by atoms with Gasteiger partial charge in [0.05, 0.1) is 5.69 Å². The van der Waals surface area contributed by atoms with E-state index in [9.17, 15) is 9.18 Å². The van der Waals surface area contributed by atoms with Crippen LogP contribution in [-0.4, -0.2) is 12.5 Å². The Morgan fingerprint density at radius 3 is 2.80 bits per heavy atom.